The number of benzene rings is 2. The monoisotopic (exact) mass is 458 g/mol. The Morgan fingerprint density at radius 3 is 2.34 bits per heavy atom. The van der Waals surface area contributed by atoms with Gasteiger partial charge in [0.15, 0.2) is 11.5 Å². The topological polar surface area (TPSA) is 50.8 Å². The molecule has 0 spiro atoms. The Bertz CT molecular complexity index is 876. The van der Waals surface area contributed by atoms with Crippen molar-refractivity contribution >= 4 is 21.8 Å². The minimum Gasteiger partial charge on any atom is -0.493 e. The van der Waals surface area contributed by atoms with Gasteiger partial charge in [-0.15, -0.1) is 0 Å². The smallest absolute Gasteiger partial charge is 0.251 e. The van der Waals surface area contributed by atoms with Crippen molar-refractivity contribution in [3.63, 3.8) is 0 Å². The maximum absolute atomic E-state index is 12.2. The predicted molar refractivity (Wildman–Crippen MR) is 116 cm³/mol. The number of halogens is 1. The van der Waals surface area contributed by atoms with E-state index in [1.165, 1.54) is 24.0 Å². The zero-order valence-corrected chi connectivity index (χ0v) is 18.5. The first-order chi connectivity index (χ1) is 14.1. The van der Waals surface area contributed by atoms with Gasteiger partial charge in [0, 0.05) is 30.7 Å². The van der Waals surface area contributed by atoms with E-state index in [2.05, 4.69) is 44.3 Å². The summed E-state index contributed by atoms with van der Waals surface area (Å²) in [5.74, 6) is 1.49. The number of carbonyl (C=O) groups is 1. The van der Waals surface area contributed by atoms with Crippen LogP contribution in [0.2, 0.25) is 0 Å². The van der Waals surface area contributed by atoms with Crippen molar-refractivity contribution in [2.45, 2.75) is 50.9 Å². The highest BCUT2D eigenvalue weighted by atomic mass is 79.9. The number of hydrogen-bond donors (Lipinski definition) is 1. The first-order valence-corrected chi connectivity index (χ1v) is 10.9. The van der Waals surface area contributed by atoms with Crippen LogP contribution in [0.4, 0.5) is 0 Å². The summed E-state index contributed by atoms with van der Waals surface area (Å²) < 4.78 is 11.9. The molecular formula is C23H27BrN2O3. The number of carbonyl (C=O) groups excluding carboxylic acids is 1. The van der Waals surface area contributed by atoms with Crippen LogP contribution in [0.25, 0.3) is 0 Å². The summed E-state index contributed by atoms with van der Waals surface area (Å²) in [6.07, 6.45) is 4.66. The normalized spacial score (nSPS) is 16.0. The minimum absolute atomic E-state index is 0.0346. The fourth-order valence-corrected chi connectivity index (χ4v) is 4.13. The number of amides is 1. The molecule has 2 aromatic carbocycles. The minimum atomic E-state index is 0.0346. The van der Waals surface area contributed by atoms with Crippen LogP contribution < -0.4 is 14.8 Å². The molecule has 0 aliphatic heterocycles. The van der Waals surface area contributed by atoms with Crippen LogP contribution in [0.3, 0.4) is 0 Å². The van der Waals surface area contributed by atoms with E-state index < -0.39 is 0 Å². The van der Waals surface area contributed by atoms with Crippen molar-refractivity contribution in [1.29, 1.82) is 0 Å². The van der Waals surface area contributed by atoms with E-state index in [0.717, 1.165) is 47.5 Å². The standard InChI is InChI=1S/C23H27BrN2O3/c1-28-20-12-7-17(21(24)22(20)29-2)14-26(19-10-11-19)13-15-3-5-16(6-4-15)23(27)25-18-8-9-18/h3-7,12,18-19H,8-11,13-14H2,1-2H3,(H,25,27). The molecule has 2 saturated carbocycles. The molecular weight excluding hydrogens is 432 g/mol. The number of nitrogens with one attached hydrogen (secondary N) is 1. The molecule has 0 heterocycles. The summed E-state index contributed by atoms with van der Waals surface area (Å²) in [4.78, 5) is 14.7. The third-order valence-electron chi connectivity index (χ3n) is 5.52. The quantitative estimate of drug-likeness (QED) is 0.599. The number of ether oxygens (including phenoxy) is 2. The summed E-state index contributed by atoms with van der Waals surface area (Å²) in [5, 5.41) is 3.04. The van der Waals surface area contributed by atoms with E-state index in [1.807, 2.05) is 18.2 Å². The Kier molecular flexibility index (Phi) is 6.11. The SMILES string of the molecule is COc1ccc(CN(Cc2ccc(C(=O)NC3CC3)cc2)C2CC2)c(Br)c1OC. The molecule has 0 bridgehead atoms. The van der Waals surface area contributed by atoms with Gasteiger partial charge in [0.25, 0.3) is 5.91 Å². The highest BCUT2D eigenvalue weighted by molar-refractivity contribution is 9.10. The van der Waals surface area contributed by atoms with Gasteiger partial charge in [-0.1, -0.05) is 18.2 Å². The summed E-state index contributed by atoms with van der Waals surface area (Å²) in [6.45, 7) is 1.69. The molecule has 0 unspecified atom stereocenters. The average Bonchev–Trinajstić information content (AvgIpc) is 3.63. The van der Waals surface area contributed by atoms with Crippen LogP contribution in [0.1, 0.15) is 47.2 Å². The number of rotatable bonds is 9. The van der Waals surface area contributed by atoms with Gasteiger partial charge in [0.1, 0.15) is 0 Å². The predicted octanol–water partition coefficient (Wildman–Crippen LogP) is 4.52. The Hall–Kier alpha value is -2.05. The molecule has 0 aromatic heterocycles. The van der Waals surface area contributed by atoms with E-state index in [9.17, 15) is 4.79 Å². The van der Waals surface area contributed by atoms with E-state index in [1.54, 1.807) is 14.2 Å². The van der Waals surface area contributed by atoms with Gasteiger partial charge in [0.05, 0.1) is 18.7 Å². The maximum Gasteiger partial charge on any atom is 0.251 e. The maximum atomic E-state index is 12.2. The molecule has 29 heavy (non-hydrogen) atoms. The molecule has 2 aliphatic rings. The molecule has 2 aromatic rings. The van der Waals surface area contributed by atoms with Crippen LogP contribution >= 0.6 is 15.9 Å². The van der Waals surface area contributed by atoms with E-state index in [0.29, 0.717) is 12.1 Å². The van der Waals surface area contributed by atoms with Gasteiger partial charge in [-0.25, -0.2) is 0 Å². The van der Waals surface area contributed by atoms with Crippen molar-refractivity contribution in [3.05, 3.63) is 57.6 Å². The van der Waals surface area contributed by atoms with Crippen LogP contribution in [-0.2, 0) is 13.1 Å². The number of hydrogen-bond acceptors (Lipinski definition) is 4. The Balaban J connectivity index is 1.45. The van der Waals surface area contributed by atoms with Gasteiger partial charge in [-0.3, -0.25) is 9.69 Å². The Morgan fingerprint density at radius 1 is 1.03 bits per heavy atom. The molecule has 5 nitrogen and oxygen atoms in total. The summed E-state index contributed by atoms with van der Waals surface area (Å²) >= 11 is 3.69. The molecule has 2 fully saturated rings. The largest absolute Gasteiger partial charge is 0.493 e. The van der Waals surface area contributed by atoms with Gasteiger partial charge in [-0.2, -0.15) is 0 Å². The molecule has 0 saturated heterocycles. The van der Waals surface area contributed by atoms with Crippen LogP contribution in [0.15, 0.2) is 40.9 Å². The van der Waals surface area contributed by atoms with E-state index in [-0.39, 0.29) is 5.91 Å². The lowest BCUT2D eigenvalue weighted by molar-refractivity contribution is 0.0951. The second-order valence-electron chi connectivity index (χ2n) is 7.85. The lowest BCUT2D eigenvalue weighted by atomic mass is 10.1. The van der Waals surface area contributed by atoms with Crippen molar-refractivity contribution in [2.24, 2.45) is 0 Å². The molecule has 1 amide bonds. The van der Waals surface area contributed by atoms with Gasteiger partial charge < -0.3 is 14.8 Å². The molecule has 4 rings (SSSR count). The molecule has 0 atom stereocenters. The molecule has 154 valence electrons. The van der Waals surface area contributed by atoms with Gasteiger partial charge in [0.2, 0.25) is 0 Å². The van der Waals surface area contributed by atoms with Crippen molar-refractivity contribution in [3.8, 4) is 11.5 Å². The molecule has 2 aliphatic carbocycles. The molecule has 0 radical (unpaired) electrons. The first-order valence-electron chi connectivity index (χ1n) is 10.1. The van der Waals surface area contributed by atoms with Gasteiger partial charge >= 0.3 is 0 Å². The lowest BCUT2D eigenvalue weighted by Gasteiger charge is -2.24. The van der Waals surface area contributed by atoms with Crippen LogP contribution in [0.5, 0.6) is 11.5 Å². The second kappa shape index (κ2) is 8.76. The summed E-state index contributed by atoms with van der Waals surface area (Å²) in [5.41, 5.74) is 3.13. The van der Waals surface area contributed by atoms with Crippen molar-refractivity contribution < 1.29 is 14.3 Å². The third-order valence-corrected chi connectivity index (χ3v) is 6.39. The van der Waals surface area contributed by atoms with E-state index in [4.69, 9.17) is 9.47 Å². The zero-order valence-electron chi connectivity index (χ0n) is 16.9. The van der Waals surface area contributed by atoms with E-state index >= 15 is 0 Å². The fourth-order valence-electron chi connectivity index (χ4n) is 3.52. The van der Waals surface area contributed by atoms with Gasteiger partial charge in [-0.05, 0) is 70.9 Å². The lowest BCUT2D eigenvalue weighted by Crippen LogP contribution is -2.26. The summed E-state index contributed by atoms with van der Waals surface area (Å²) in [7, 11) is 3.31. The van der Waals surface area contributed by atoms with Crippen molar-refractivity contribution in [2.75, 3.05) is 14.2 Å². The Labute approximate surface area is 180 Å². The highest BCUT2D eigenvalue weighted by Gasteiger charge is 2.30. The van der Waals surface area contributed by atoms with Crippen LogP contribution in [-0.4, -0.2) is 37.1 Å². The van der Waals surface area contributed by atoms with Crippen molar-refractivity contribution in [1.82, 2.24) is 10.2 Å². The van der Waals surface area contributed by atoms with Crippen LogP contribution in [0, 0.1) is 0 Å². The molecule has 6 heteroatoms. The highest BCUT2D eigenvalue weighted by Crippen LogP contribution is 2.39. The Morgan fingerprint density at radius 2 is 1.76 bits per heavy atom. The number of methoxy groups -OCH3 is 2. The molecule has 1 N–H and O–H groups in total. The number of nitrogens with zero attached hydrogens (tertiary/aromatic N) is 1. The average molecular weight is 459 g/mol. The summed E-state index contributed by atoms with van der Waals surface area (Å²) in [6, 6.07) is 13.0. The zero-order chi connectivity index (χ0) is 20.4. The first kappa shape index (κ1) is 20.2. The fraction of sp³-hybridized carbons (Fsp3) is 0.435. The second-order valence-corrected chi connectivity index (χ2v) is 8.65. The third kappa shape index (κ3) is 4.93.